The summed E-state index contributed by atoms with van der Waals surface area (Å²) >= 11 is 5.42. The molecule has 8 nitrogen and oxygen atoms in total. The van der Waals surface area contributed by atoms with Gasteiger partial charge in [0.1, 0.15) is 18.0 Å². The maximum Gasteiger partial charge on any atom is 0.256 e. The van der Waals surface area contributed by atoms with Gasteiger partial charge in [-0.2, -0.15) is 5.10 Å². The van der Waals surface area contributed by atoms with Crippen molar-refractivity contribution in [2.45, 2.75) is 37.8 Å². The number of benzene rings is 1. The number of fused-ring (bicyclic) bond motifs is 1. The Kier molecular flexibility index (Phi) is 5.24. The van der Waals surface area contributed by atoms with E-state index in [-0.39, 0.29) is 10.8 Å². The van der Waals surface area contributed by atoms with Gasteiger partial charge in [0.15, 0.2) is 0 Å². The van der Waals surface area contributed by atoms with Crippen LogP contribution in [0.15, 0.2) is 31.0 Å². The Morgan fingerprint density at radius 1 is 1.45 bits per heavy atom. The summed E-state index contributed by atoms with van der Waals surface area (Å²) in [7, 11) is 0. The van der Waals surface area contributed by atoms with Crippen LogP contribution in [-0.4, -0.2) is 36.4 Å². The highest BCUT2D eigenvalue weighted by molar-refractivity contribution is 7.71. The smallest absolute Gasteiger partial charge is 0.256 e. The van der Waals surface area contributed by atoms with Gasteiger partial charge in [0.2, 0.25) is 4.77 Å². The fraction of sp³-hybridized carbons (Fsp3) is 0.333. The van der Waals surface area contributed by atoms with E-state index >= 15 is 0 Å². The second-order valence-corrected chi connectivity index (χ2v) is 7.38. The third-order valence-electron chi connectivity index (χ3n) is 5.04. The molecule has 3 aromatic rings. The molecule has 0 aliphatic heterocycles. The first-order valence-electron chi connectivity index (χ1n) is 9.09. The van der Waals surface area contributed by atoms with Crippen molar-refractivity contribution >= 4 is 18.1 Å². The number of hydrogen-bond acceptors (Lipinski definition) is 5. The highest BCUT2D eigenvalue weighted by Gasteiger charge is 2.25. The van der Waals surface area contributed by atoms with Crippen LogP contribution in [0.4, 0.5) is 8.78 Å². The SMILES string of the molecule is N[C@@H](Cc1cnc[nH]1)C(=O)Nn1cnn(C2CCc3c(F)cc(F)cc3C2)c1=S. The molecule has 0 bridgehead atoms. The molecule has 1 aliphatic carbocycles. The van der Waals surface area contributed by atoms with E-state index in [0.717, 1.165) is 11.8 Å². The molecule has 11 heteroatoms. The number of carbonyl (C=O) groups excluding carboxylic acids is 1. The average molecular weight is 419 g/mol. The van der Waals surface area contributed by atoms with E-state index in [2.05, 4.69) is 20.5 Å². The van der Waals surface area contributed by atoms with Crippen molar-refractivity contribution in [3.63, 3.8) is 0 Å². The minimum atomic E-state index is -0.798. The lowest BCUT2D eigenvalue weighted by Crippen LogP contribution is -2.40. The third kappa shape index (κ3) is 3.96. The van der Waals surface area contributed by atoms with E-state index in [1.54, 1.807) is 10.9 Å². The van der Waals surface area contributed by atoms with E-state index in [0.29, 0.717) is 36.8 Å². The third-order valence-corrected chi connectivity index (χ3v) is 5.42. The Bertz CT molecular complexity index is 1090. The second kappa shape index (κ2) is 7.84. The molecule has 1 amide bonds. The Balaban J connectivity index is 1.47. The van der Waals surface area contributed by atoms with Crippen molar-refractivity contribution in [2.24, 2.45) is 5.73 Å². The van der Waals surface area contributed by atoms with Crippen LogP contribution in [0.2, 0.25) is 0 Å². The summed E-state index contributed by atoms with van der Waals surface area (Å²) in [5.41, 5.74) is 10.5. The van der Waals surface area contributed by atoms with E-state index < -0.39 is 23.6 Å². The molecule has 0 radical (unpaired) electrons. The summed E-state index contributed by atoms with van der Waals surface area (Å²) in [5.74, 6) is -1.55. The normalized spacial score (nSPS) is 17.0. The van der Waals surface area contributed by atoms with Crippen molar-refractivity contribution < 1.29 is 13.6 Å². The van der Waals surface area contributed by atoms with Crippen LogP contribution in [0.5, 0.6) is 0 Å². The van der Waals surface area contributed by atoms with Crippen LogP contribution in [0, 0.1) is 16.4 Å². The van der Waals surface area contributed by atoms with Gasteiger partial charge < -0.3 is 10.7 Å². The number of carbonyl (C=O) groups is 1. The van der Waals surface area contributed by atoms with Crippen LogP contribution in [0.3, 0.4) is 0 Å². The molecule has 152 valence electrons. The lowest BCUT2D eigenvalue weighted by atomic mass is 9.88. The first-order valence-corrected chi connectivity index (χ1v) is 9.50. The number of nitrogens with zero attached hydrogens (tertiary/aromatic N) is 4. The highest BCUT2D eigenvalue weighted by atomic mass is 32.1. The molecule has 29 heavy (non-hydrogen) atoms. The Morgan fingerprint density at radius 3 is 3.03 bits per heavy atom. The van der Waals surface area contributed by atoms with Gasteiger partial charge in [-0.1, -0.05) is 0 Å². The summed E-state index contributed by atoms with van der Waals surface area (Å²) in [5, 5.41) is 4.26. The van der Waals surface area contributed by atoms with Crippen molar-refractivity contribution in [1.82, 2.24) is 24.4 Å². The molecule has 1 aliphatic rings. The quantitative estimate of drug-likeness (QED) is 0.547. The lowest BCUT2D eigenvalue weighted by Gasteiger charge is -2.25. The molecule has 4 rings (SSSR count). The van der Waals surface area contributed by atoms with Crippen LogP contribution in [-0.2, 0) is 24.1 Å². The molecule has 1 aromatic carbocycles. The standard InChI is InChI=1S/C18H19F2N7OS/c19-11-3-10-4-13(1-2-14(10)15(20)5-11)27-18(29)26(9-24-27)25-17(28)16(21)6-12-7-22-8-23-12/h3,5,7-9,13,16H,1-2,4,6,21H2,(H,22,23)(H,25,28)/t13?,16-/m0/s1. The second-order valence-electron chi connectivity index (χ2n) is 7.01. The molecule has 0 fully saturated rings. The number of nitrogens with two attached hydrogens (primary N) is 1. The topological polar surface area (TPSA) is 107 Å². The van der Waals surface area contributed by atoms with Crippen LogP contribution >= 0.6 is 12.2 Å². The molecule has 1 unspecified atom stereocenters. The summed E-state index contributed by atoms with van der Waals surface area (Å²) in [4.78, 5) is 19.1. The number of hydrogen-bond donors (Lipinski definition) is 3. The van der Waals surface area contributed by atoms with Gasteiger partial charge in [0.25, 0.3) is 5.91 Å². The summed E-state index contributed by atoms with van der Waals surface area (Å²) in [6, 6.07) is 1.30. The molecule has 4 N–H and O–H groups in total. The molecule has 2 aromatic heterocycles. The van der Waals surface area contributed by atoms with Crippen molar-refractivity contribution in [2.75, 3.05) is 5.43 Å². The Hall–Kier alpha value is -2.92. The fourth-order valence-corrected chi connectivity index (χ4v) is 3.85. The van der Waals surface area contributed by atoms with Crippen LogP contribution < -0.4 is 11.2 Å². The number of halogens is 2. The Labute approximate surface area is 169 Å². The first kappa shape index (κ1) is 19.4. The number of imidazole rings is 1. The van der Waals surface area contributed by atoms with Crippen LogP contribution in [0.25, 0.3) is 0 Å². The zero-order valence-electron chi connectivity index (χ0n) is 15.3. The predicted molar refractivity (Wildman–Crippen MR) is 103 cm³/mol. The fourth-order valence-electron chi connectivity index (χ4n) is 3.57. The highest BCUT2D eigenvalue weighted by Crippen LogP contribution is 2.31. The molecule has 0 spiro atoms. The zero-order chi connectivity index (χ0) is 20.5. The van der Waals surface area contributed by atoms with Crippen molar-refractivity contribution in [3.8, 4) is 0 Å². The predicted octanol–water partition coefficient (Wildman–Crippen LogP) is 1.79. The summed E-state index contributed by atoms with van der Waals surface area (Å²) in [6.45, 7) is 0. The Morgan fingerprint density at radius 2 is 2.28 bits per heavy atom. The summed E-state index contributed by atoms with van der Waals surface area (Å²) in [6.07, 6.45) is 6.27. The minimum Gasteiger partial charge on any atom is -0.348 e. The van der Waals surface area contributed by atoms with E-state index in [1.165, 1.54) is 23.4 Å². The number of aromatic amines is 1. The van der Waals surface area contributed by atoms with Crippen molar-refractivity contribution in [1.29, 1.82) is 0 Å². The number of aromatic nitrogens is 5. The molecular formula is C18H19F2N7OS. The van der Waals surface area contributed by atoms with Gasteiger partial charge in [-0.15, -0.1) is 0 Å². The van der Waals surface area contributed by atoms with Crippen molar-refractivity contribution in [3.05, 3.63) is 64.2 Å². The molecule has 0 saturated heterocycles. The van der Waals surface area contributed by atoms with Gasteiger partial charge in [0.05, 0.1) is 18.4 Å². The van der Waals surface area contributed by atoms with Gasteiger partial charge in [-0.25, -0.2) is 23.1 Å². The number of rotatable bonds is 5. The minimum absolute atomic E-state index is 0.159. The average Bonchev–Trinajstić information content (AvgIpc) is 3.31. The zero-order valence-corrected chi connectivity index (χ0v) is 16.1. The molecule has 2 atom stereocenters. The molecule has 0 saturated carbocycles. The van der Waals surface area contributed by atoms with Gasteiger partial charge >= 0.3 is 0 Å². The first-order chi connectivity index (χ1) is 13.9. The number of amides is 1. The maximum atomic E-state index is 13.9. The number of nitrogens with one attached hydrogen (secondary N) is 2. The molecular weight excluding hydrogens is 400 g/mol. The number of H-pyrrole nitrogens is 1. The van der Waals surface area contributed by atoms with E-state index in [1.807, 2.05) is 0 Å². The van der Waals surface area contributed by atoms with Crippen LogP contribution in [0.1, 0.15) is 29.3 Å². The van der Waals surface area contributed by atoms with Gasteiger partial charge in [0, 0.05) is 24.4 Å². The largest absolute Gasteiger partial charge is 0.348 e. The van der Waals surface area contributed by atoms with E-state index in [4.69, 9.17) is 18.0 Å². The van der Waals surface area contributed by atoms with E-state index in [9.17, 15) is 13.6 Å². The van der Waals surface area contributed by atoms with Gasteiger partial charge in [-0.3, -0.25) is 10.2 Å². The molecule has 2 heterocycles. The lowest BCUT2D eigenvalue weighted by molar-refractivity contribution is -0.118. The maximum absolute atomic E-state index is 13.9. The van der Waals surface area contributed by atoms with Gasteiger partial charge in [-0.05, 0) is 48.7 Å². The monoisotopic (exact) mass is 419 g/mol. The summed E-state index contributed by atoms with van der Waals surface area (Å²) < 4.78 is 30.7.